The van der Waals surface area contributed by atoms with Crippen molar-refractivity contribution in [3.8, 4) is 5.75 Å². The van der Waals surface area contributed by atoms with Crippen molar-refractivity contribution in [2.75, 3.05) is 12.4 Å². The molecular formula is C23H17N3O3S. The van der Waals surface area contributed by atoms with Crippen LogP contribution in [0, 0.1) is 0 Å². The number of nitrogens with one attached hydrogen (secondary N) is 2. The molecule has 0 aliphatic carbocycles. The van der Waals surface area contributed by atoms with Gasteiger partial charge in [0.1, 0.15) is 11.4 Å². The van der Waals surface area contributed by atoms with Crippen LogP contribution in [0.25, 0.3) is 10.1 Å². The second-order valence-corrected chi connectivity index (χ2v) is 7.70. The van der Waals surface area contributed by atoms with E-state index in [-0.39, 0.29) is 11.8 Å². The maximum absolute atomic E-state index is 13.0. The highest BCUT2D eigenvalue weighted by molar-refractivity contribution is 7.13. The zero-order chi connectivity index (χ0) is 20.7. The minimum absolute atomic E-state index is 0.184. The molecular weight excluding hydrogens is 398 g/mol. The smallest absolute Gasteiger partial charge is 0.276 e. The molecule has 0 radical (unpaired) electrons. The van der Waals surface area contributed by atoms with Crippen molar-refractivity contribution < 1.29 is 14.3 Å². The molecule has 3 aromatic carbocycles. The maximum Gasteiger partial charge on any atom is 0.276 e. The van der Waals surface area contributed by atoms with E-state index in [0.29, 0.717) is 22.7 Å². The van der Waals surface area contributed by atoms with Crippen LogP contribution >= 0.6 is 11.5 Å². The number of ether oxygens (including phenoxy) is 1. The normalized spacial score (nSPS) is 15.0. The topological polar surface area (TPSA) is 80.3 Å². The van der Waals surface area contributed by atoms with Gasteiger partial charge in [0.2, 0.25) is 0 Å². The van der Waals surface area contributed by atoms with E-state index in [4.69, 9.17) is 4.74 Å². The number of aromatic nitrogens is 1. The molecule has 1 aliphatic heterocycles. The fourth-order valence-corrected chi connectivity index (χ4v) is 4.61. The Kier molecular flexibility index (Phi) is 4.44. The number of hydrogen-bond donors (Lipinski definition) is 2. The molecule has 0 spiro atoms. The minimum atomic E-state index is -0.424. The van der Waals surface area contributed by atoms with Crippen LogP contribution in [0.15, 0.2) is 66.7 Å². The molecule has 0 bridgehead atoms. The van der Waals surface area contributed by atoms with E-state index in [9.17, 15) is 9.59 Å². The molecule has 2 heterocycles. The Labute approximate surface area is 176 Å². The number of rotatable bonds is 4. The van der Waals surface area contributed by atoms with Crippen LogP contribution in [0.5, 0.6) is 5.75 Å². The largest absolute Gasteiger partial charge is 0.496 e. The molecule has 1 atom stereocenters. The van der Waals surface area contributed by atoms with Crippen LogP contribution in [0.3, 0.4) is 0 Å². The molecule has 148 valence electrons. The predicted molar refractivity (Wildman–Crippen MR) is 116 cm³/mol. The first-order valence-corrected chi connectivity index (χ1v) is 10.2. The molecule has 4 aromatic rings. The molecule has 7 heteroatoms. The van der Waals surface area contributed by atoms with Gasteiger partial charge in [0.15, 0.2) is 0 Å². The minimum Gasteiger partial charge on any atom is -0.496 e. The van der Waals surface area contributed by atoms with Crippen molar-refractivity contribution in [2.24, 2.45) is 0 Å². The van der Waals surface area contributed by atoms with Crippen LogP contribution in [0.2, 0.25) is 0 Å². The average Bonchev–Trinajstić information content (AvgIpc) is 3.36. The van der Waals surface area contributed by atoms with Gasteiger partial charge in [-0.25, -0.2) is 0 Å². The molecule has 1 aliphatic rings. The lowest BCUT2D eigenvalue weighted by Crippen LogP contribution is -2.21. The molecule has 5 rings (SSSR count). The van der Waals surface area contributed by atoms with Gasteiger partial charge in [0.25, 0.3) is 11.8 Å². The summed E-state index contributed by atoms with van der Waals surface area (Å²) in [7, 11) is 1.59. The van der Waals surface area contributed by atoms with E-state index in [2.05, 4.69) is 15.0 Å². The number of para-hydroxylation sites is 1. The van der Waals surface area contributed by atoms with E-state index < -0.39 is 6.04 Å². The monoisotopic (exact) mass is 415 g/mol. The van der Waals surface area contributed by atoms with Crippen molar-refractivity contribution in [3.63, 3.8) is 0 Å². The standard InChI is InChI=1S/C23H17N3O3S/c1-29-17-11-4-2-7-13(17)20-19-15(22(27)25-20)9-6-10-16(19)24-23(28)21-14-8-3-5-12-18(14)30-26-21/h2-12,20H,1H3,(H,24,28)(H,25,27). The molecule has 2 amide bonds. The number of fused-ring (bicyclic) bond motifs is 2. The summed E-state index contributed by atoms with van der Waals surface area (Å²) in [4.78, 5) is 25.7. The molecule has 1 unspecified atom stereocenters. The third kappa shape index (κ3) is 2.91. The Morgan fingerprint density at radius 1 is 1.07 bits per heavy atom. The second-order valence-electron chi connectivity index (χ2n) is 6.90. The summed E-state index contributed by atoms with van der Waals surface area (Å²) in [5, 5.41) is 6.78. The summed E-state index contributed by atoms with van der Waals surface area (Å²) in [6.45, 7) is 0. The van der Waals surface area contributed by atoms with E-state index in [0.717, 1.165) is 21.2 Å². The molecule has 0 saturated heterocycles. The highest BCUT2D eigenvalue weighted by atomic mass is 32.1. The Bertz CT molecular complexity index is 1300. The van der Waals surface area contributed by atoms with Crippen LogP contribution in [0.4, 0.5) is 5.69 Å². The number of benzene rings is 3. The fourth-order valence-electron chi connectivity index (χ4n) is 3.83. The highest BCUT2D eigenvalue weighted by Gasteiger charge is 2.34. The molecule has 0 saturated carbocycles. The third-order valence-corrected chi connectivity index (χ3v) is 6.03. The van der Waals surface area contributed by atoms with Crippen molar-refractivity contribution in [1.82, 2.24) is 9.69 Å². The molecule has 30 heavy (non-hydrogen) atoms. The Balaban J connectivity index is 1.57. The van der Waals surface area contributed by atoms with Gasteiger partial charge in [0.05, 0.1) is 17.9 Å². The number of amides is 2. The van der Waals surface area contributed by atoms with Crippen LogP contribution in [-0.2, 0) is 0 Å². The van der Waals surface area contributed by atoms with Crippen LogP contribution in [0.1, 0.15) is 38.0 Å². The second kappa shape index (κ2) is 7.27. The van der Waals surface area contributed by atoms with Gasteiger partial charge in [-0.15, -0.1) is 0 Å². The SMILES string of the molecule is COc1ccccc1C1NC(=O)c2cccc(NC(=O)c3nsc4ccccc34)c21. The zero-order valence-electron chi connectivity index (χ0n) is 16.0. The third-order valence-electron chi connectivity index (χ3n) is 5.21. The fraction of sp³-hybridized carbons (Fsp3) is 0.0870. The summed E-state index contributed by atoms with van der Waals surface area (Å²) in [5.41, 5.74) is 3.03. The van der Waals surface area contributed by atoms with Crippen LogP contribution < -0.4 is 15.4 Å². The van der Waals surface area contributed by atoms with Gasteiger partial charge in [0, 0.05) is 27.8 Å². The highest BCUT2D eigenvalue weighted by Crippen LogP contribution is 2.39. The van der Waals surface area contributed by atoms with Crippen molar-refractivity contribution in [1.29, 1.82) is 0 Å². The molecule has 2 N–H and O–H groups in total. The van der Waals surface area contributed by atoms with E-state index in [1.165, 1.54) is 11.5 Å². The molecule has 1 aromatic heterocycles. The van der Waals surface area contributed by atoms with Crippen LogP contribution in [-0.4, -0.2) is 23.3 Å². The van der Waals surface area contributed by atoms with Crippen molar-refractivity contribution in [3.05, 3.63) is 89.1 Å². The van der Waals surface area contributed by atoms with Crippen molar-refractivity contribution in [2.45, 2.75) is 6.04 Å². The summed E-state index contributed by atoms with van der Waals surface area (Å²) in [5.74, 6) is 0.178. The first-order valence-electron chi connectivity index (χ1n) is 9.40. The van der Waals surface area contributed by atoms with Gasteiger partial charge in [-0.3, -0.25) is 9.59 Å². The lowest BCUT2D eigenvalue weighted by Gasteiger charge is -2.18. The van der Waals surface area contributed by atoms with Gasteiger partial charge < -0.3 is 15.4 Å². The number of carbonyl (C=O) groups excluding carboxylic acids is 2. The Morgan fingerprint density at radius 3 is 2.73 bits per heavy atom. The van der Waals surface area contributed by atoms with Gasteiger partial charge in [-0.1, -0.05) is 42.5 Å². The van der Waals surface area contributed by atoms with Gasteiger partial charge >= 0.3 is 0 Å². The number of methoxy groups -OCH3 is 1. The predicted octanol–water partition coefficient (Wildman–Crippen LogP) is 4.39. The first kappa shape index (κ1) is 18.3. The molecule has 0 fully saturated rings. The van der Waals surface area contributed by atoms with E-state index >= 15 is 0 Å². The quantitative estimate of drug-likeness (QED) is 0.518. The molecule has 6 nitrogen and oxygen atoms in total. The summed E-state index contributed by atoms with van der Waals surface area (Å²) < 4.78 is 10.8. The Hall–Kier alpha value is -3.71. The van der Waals surface area contributed by atoms with Gasteiger partial charge in [-0.2, -0.15) is 4.37 Å². The maximum atomic E-state index is 13.0. The number of carbonyl (C=O) groups is 2. The van der Waals surface area contributed by atoms with Crippen molar-refractivity contribution >= 4 is 39.1 Å². The number of anilines is 1. The summed E-state index contributed by atoms with van der Waals surface area (Å²) >= 11 is 1.29. The first-order chi connectivity index (χ1) is 14.7. The summed E-state index contributed by atoms with van der Waals surface area (Å²) in [6.07, 6.45) is 0. The number of hydrogen-bond acceptors (Lipinski definition) is 5. The Morgan fingerprint density at radius 2 is 1.87 bits per heavy atom. The summed E-state index contributed by atoms with van der Waals surface area (Å²) in [6, 6.07) is 20.0. The lowest BCUT2D eigenvalue weighted by molar-refractivity contribution is 0.0959. The number of nitrogens with zero attached hydrogens (tertiary/aromatic N) is 1. The average molecular weight is 415 g/mol. The lowest BCUT2D eigenvalue weighted by atomic mass is 9.95. The zero-order valence-corrected chi connectivity index (χ0v) is 16.8. The van der Waals surface area contributed by atoms with E-state index in [1.54, 1.807) is 25.3 Å². The van der Waals surface area contributed by atoms with E-state index in [1.807, 2.05) is 48.5 Å². The van der Waals surface area contributed by atoms with Gasteiger partial charge in [-0.05, 0) is 35.8 Å².